The molecule has 50 heavy (non-hydrogen) atoms. The third kappa shape index (κ3) is 8.13. The van der Waals surface area contributed by atoms with Crippen molar-refractivity contribution in [1.82, 2.24) is 20.0 Å². The van der Waals surface area contributed by atoms with Crippen molar-refractivity contribution in [2.24, 2.45) is 23.7 Å². The maximum atomic E-state index is 14.2. The highest BCUT2D eigenvalue weighted by Gasteiger charge is 2.42. The number of nitrogen functional groups attached to an aromatic ring is 1. The fraction of sp³-hybridized carbons (Fsp3) is 0.659. The van der Waals surface area contributed by atoms with Crippen molar-refractivity contribution >= 4 is 34.9 Å². The smallest absolute Gasteiger partial charge is 0.322 e. The molecule has 0 spiro atoms. The average Bonchev–Trinajstić information content (AvgIpc) is 3.37. The monoisotopic (exact) mass is 702 g/mol. The van der Waals surface area contributed by atoms with Gasteiger partial charge < -0.3 is 26.2 Å². The number of urea groups is 1. The fourth-order valence-corrected chi connectivity index (χ4v) is 10.2. The Kier molecular flexibility index (Phi) is 11.6. The summed E-state index contributed by atoms with van der Waals surface area (Å²) < 4.78 is 0. The number of nitrogens with two attached hydrogens (primary N) is 1. The number of benzene rings is 2. The van der Waals surface area contributed by atoms with Crippen LogP contribution in [0.5, 0.6) is 0 Å². The predicted octanol–water partition coefficient (Wildman–Crippen LogP) is 7.13. The van der Waals surface area contributed by atoms with Crippen molar-refractivity contribution in [2.45, 2.75) is 102 Å². The molecule has 8 nitrogen and oxygen atoms in total. The highest BCUT2D eigenvalue weighted by molar-refractivity contribution is 6.33. The molecule has 3 heterocycles. The molecule has 0 aromatic heterocycles. The molecule has 5 aliphatic rings. The highest BCUT2D eigenvalue weighted by atomic mass is 35.5. The standard InChI is InChI=1S/C41H59ClN6O2/c1-28-24-30(26-36(42)39(28)43)25-33(40(49)47-22-20-46(21-23-47)38-27-44-18-16-31-12-15-35(31)38)8-3-2-6-29-10-13-34(14-11-29)48-19-17-32-7-4-5-9-37(32)45-41(48)50/h4-5,7,9,24,26,29,31,33-35,38,44H,2-3,6,8,10-23,25,27,43H2,1H3,(H,45,50)/t29?,31?,33-,34?,35?,38?/m1/s1. The number of nitrogens with one attached hydrogen (secondary N) is 2. The minimum absolute atomic E-state index is 0.0439. The van der Waals surface area contributed by atoms with E-state index in [0.29, 0.717) is 41.0 Å². The Morgan fingerprint density at radius 2 is 1.78 bits per heavy atom. The predicted molar refractivity (Wildman–Crippen MR) is 204 cm³/mol. The quantitative estimate of drug-likeness (QED) is 0.181. The van der Waals surface area contributed by atoms with Crippen molar-refractivity contribution in [1.29, 1.82) is 0 Å². The van der Waals surface area contributed by atoms with Crippen LogP contribution in [-0.4, -0.2) is 84.5 Å². The molecular weight excluding hydrogens is 644 g/mol. The number of aryl methyl sites for hydroxylation is 1. The Morgan fingerprint density at radius 3 is 2.54 bits per heavy atom. The van der Waals surface area contributed by atoms with Crippen LogP contribution in [0, 0.1) is 30.6 Å². The molecule has 7 rings (SSSR count). The Bertz CT molecular complexity index is 1460. The molecule has 4 fully saturated rings. The maximum absolute atomic E-state index is 14.2. The number of carbonyl (C=O) groups is 2. The number of para-hydroxylation sites is 1. The first kappa shape index (κ1) is 35.6. The van der Waals surface area contributed by atoms with Crippen molar-refractivity contribution in [3.8, 4) is 0 Å². The summed E-state index contributed by atoms with van der Waals surface area (Å²) in [6, 6.07) is 13.3. The molecule has 3 unspecified atom stereocenters. The van der Waals surface area contributed by atoms with E-state index in [0.717, 1.165) is 113 Å². The van der Waals surface area contributed by atoms with Gasteiger partial charge >= 0.3 is 6.03 Å². The number of carbonyl (C=O) groups excluding carboxylic acids is 2. The van der Waals surface area contributed by atoms with Crippen LogP contribution in [-0.2, 0) is 17.6 Å². The lowest BCUT2D eigenvalue weighted by Crippen LogP contribution is -2.58. The average molecular weight is 703 g/mol. The molecule has 2 aromatic rings. The second-order valence-electron chi connectivity index (χ2n) is 16.1. The topological polar surface area (TPSA) is 93.9 Å². The van der Waals surface area contributed by atoms with Gasteiger partial charge in [0.2, 0.25) is 5.91 Å². The van der Waals surface area contributed by atoms with Crippen LogP contribution in [0.15, 0.2) is 36.4 Å². The number of hydrogen-bond acceptors (Lipinski definition) is 5. The van der Waals surface area contributed by atoms with E-state index < -0.39 is 0 Å². The summed E-state index contributed by atoms with van der Waals surface area (Å²) in [5, 5.41) is 7.45. The largest absolute Gasteiger partial charge is 0.397 e. The zero-order valence-electron chi connectivity index (χ0n) is 30.2. The van der Waals surface area contributed by atoms with Crippen LogP contribution < -0.4 is 16.4 Å². The summed E-state index contributed by atoms with van der Waals surface area (Å²) in [4.78, 5) is 34.2. The van der Waals surface area contributed by atoms with Gasteiger partial charge in [0.15, 0.2) is 0 Å². The van der Waals surface area contributed by atoms with E-state index in [1.807, 2.05) is 25.1 Å². The van der Waals surface area contributed by atoms with Gasteiger partial charge in [-0.1, -0.05) is 55.1 Å². The summed E-state index contributed by atoms with van der Waals surface area (Å²) in [6.45, 7) is 8.66. The lowest BCUT2D eigenvalue weighted by Gasteiger charge is -2.47. The van der Waals surface area contributed by atoms with Gasteiger partial charge in [0, 0.05) is 63.0 Å². The molecule has 4 N–H and O–H groups in total. The zero-order chi connectivity index (χ0) is 34.6. The third-order valence-corrected chi connectivity index (χ3v) is 13.5. The number of hydrogen-bond donors (Lipinski definition) is 3. The minimum Gasteiger partial charge on any atom is -0.397 e. The van der Waals surface area contributed by atoms with Crippen molar-refractivity contribution in [3.63, 3.8) is 0 Å². The first-order chi connectivity index (χ1) is 24.3. The van der Waals surface area contributed by atoms with E-state index in [1.54, 1.807) is 0 Å². The molecule has 9 heteroatoms. The van der Waals surface area contributed by atoms with Gasteiger partial charge in [-0.3, -0.25) is 9.69 Å². The molecule has 2 saturated heterocycles. The second-order valence-corrected chi connectivity index (χ2v) is 16.5. The number of rotatable bonds is 10. The molecule has 3 aliphatic heterocycles. The Morgan fingerprint density at radius 1 is 0.980 bits per heavy atom. The van der Waals surface area contributed by atoms with E-state index in [4.69, 9.17) is 17.3 Å². The summed E-state index contributed by atoms with van der Waals surface area (Å²) in [5.41, 5.74) is 11.1. The van der Waals surface area contributed by atoms with E-state index in [2.05, 4.69) is 43.5 Å². The van der Waals surface area contributed by atoms with Crippen LogP contribution in [0.1, 0.15) is 87.3 Å². The van der Waals surface area contributed by atoms with Crippen LogP contribution in [0.4, 0.5) is 16.2 Å². The lowest BCUT2D eigenvalue weighted by atomic mass is 9.68. The first-order valence-electron chi connectivity index (χ1n) is 19.8. The van der Waals surface area contributed by atoms with Crippen molar-refractivity contribution in [2.75, 3.05) is 56.9 Å². The van der Waals surface area contributed by atoms with Gasteiger partial charge in [-0.05, 0) is 124 Å². The van der Waals surface area contributed by atoms with Gasteiger partial charge in [-0.2, -0.15) is 0 Å². The van der Waals surface area contributed by atoms with Gasteiger partial charge in [-0.15, -0.1) is 0 Å². The molecule has 4 atom stereocenters. The van der Waals surface area contributed by atoms with Crippen LogP contribution >= 0.6 is 11.6 Å². The summed E-state index contributed by atoms with van der Waals surface area (Å²) >= 11 is 6.51. The molecule has 0 bridgehead atoms. The molecule has 2 aromatic carbocycles. The number of halogens is 1. The summed E-state index contributed by atoms with van der Waals surface area (Å²) in [7, 11) is 0. The molecule has 0 radical (unpaired) electrons. The molecular formula is C41H59ClN6O2. The molecule has 272 valence electrons. The SMILES string of the molecule is Cc1cc(C[C@@H](CCCCC2CCC(N3CCc4ccccc4NC3=O)CC2)C(=O)N2CCN(C3CNCCC4CCC43)CC2)cc(Cl)c1N. The highest BCUT2D eigenvalue weighted by Crippen LogP contribution is 2.42. The Labute approximate surface area is 304 Å². The van der Waals surface area contributed by atoms with E-state index in [9.17, 15) is 9.59 Å². The van der Waals surface area contributed by atoms with E-state index in [1.165, 1.54) is 44.1 Å². The van der Waals surface area contributed by atoms with E-state index >= 15 is 0 Å². The Hall–Kier alpha value is -2.81. The number of unbranched alkanes of at least 4 members (excludes halogenated alkanes) is 1. The van der Waals surface area contributed by atoms with Gasteiger partial charge in [-0.25, -0.2) is 4.79 Å². The van der Waals surface area contributed by atoms with Crippen LogP contribution in [0.2, 0.25) is 5.02 Å². The second kappa shape index (κ2) is 16.2. The van der Waals surface area contributed by atoms with Gasteiger partial charge in [0.1, 0.15) is 0 Å². The molecule has 2 saturated carbocycles. The van der Waals surface area contributed by atoms with Gasteiger partial charge in [0.25, 0.3) is 0 Å². The lowest BCUT2D eigenvalue weighted by molar-refractivity contribution is -0.138. The van der Waals surface area contributed by atoms with Gasteiger partial charge in [0.05, 0.1) is 10.7 Å². The number of amides is 3. The number of fused-ring (bicyclic) bond motifs is 2. The third-order valence-electron chi connectivity index (χ3n) is 13.2. The van der Waals surface area contributed by atoms with Crippen LogP contribution in [0.25, 0.3) is 0 Å². The zero-order valence-corrected chi connectivity index (χ0v) is 30.9. The van der Waals surface area contributed by atoms with Crippen molar-refractivity contribution < 1.29 is 9.59 Å². The Balaban J connectivity index is 0.904. The maximum Gasteiger partial charge on any atom is 0.322 e. The number of piperazine rings is 1. The minimum atomic E-state index is -0.0439. The van der Waals surface area contributed by atoms with Crippen LogP contribution in [0.3, 0.4) is 0 Å². The number of nitrogens with zero attached hydrogens (tertiary/aromatic N) is 3. The molecule has 2 aliphatic carbocycles. The molecule has 3 amide bonds. The first-order valence-corrected chi connectivity index (χ1v) is 20.2. The van der Waals surface area contributed by atoms with Crippen molar-refractivity contribution in [3.05, 3.63) is 58.1 Å². The summed E-state index contributed by atoms with van der Waals surface area (Å²) in [5.74, 6) is 2.70. The number of anilines is 2. The summed E-state index contributed by atoms with van der Waals surface area (Å²) in [6.07, 6.45) is 14.5. The fourth-order valence-electron chi connectivity index (χ4n) is 9.93. The normalized spacial score (nSPS) is 28.0. The van der Waals surface area contributed by atoms with E-state index in [-0.39, 0.29) is 11.9 Å².